The van der Waals surface area contributed by atoms with Crippen molar-refractivity contribution in [1.29, 1.82) is 0 Å². The number of ether oxygens (including phenoxy) is 1. The Bertz CT molecular complexity index is 121. The molecular formula is C8H19N2O+. The fourth-order valence-corrected chi connectivity index (χ4v) is 1.34. The van der Waals surface area contributed by atoms with Gasteiger partial charge in [0.2, 0.25) is 0 Å². The van der Waals surface area contributed by atoms with Crippen LogP contribution in [0.25, 0.3) is 0 Å². The number of hydrogen-bond donors (Lipinski definition) is 1. The summed E-state index contributed by atoms with van der Waals surface area (Å²) in [5, 5.41) is 0. The Morgan fingerprint density at radius 3 is 2.64 bits per heavy atom. The SMILES string of the molecule is C[N+](C)(CCCN)CC1CO1. The van der Waals surface area contributed by atoms with Gasteiger partial charge in [0.05, 0.1) is 27.2 Å². The minimum Gasteiger partial charge on any atom is -0.367 e. The van der Waals surface area contributed by atoms with Crippen LogP contribution in [0.4, 0.5) is 0 Å². The summed E-state index contributed by atoms with van der Waals surface area (Å²) in [6.07, 6.45) is 1.64. The van der Waals surface area contributed by atoms with Crippen molar-refractivity contribution in [3.8, 4) is 0 Å². The molecule has 0 aromatic rings. The average molecular weight is 159 g/mol. The fourth-order valence-electron chi connectivity index (χ4n) is 1.34. The molecule has 1 fully saturated rings. The van der Waals surface area contributed by atoms with Crippen LogP contribution in [-0.4, -0.2) is 50.9 Å². The van der Waals surface area contributed by atoms with Gasteiger partial charge in [-0.1, -0.05) is 0 Å². The van der Waals surface area contributed by atoms with Gasteiger partial charge in [0.1, 0.15) is 12.6 Å². The molecule has 1 atom stereocenters. The van der Waals surface area contributed by atoms with Crippen molar-refractivity contribution in [2.24, 2.45) is 5.73 Å². The Morgan fingerprint density at radius 1 is 1.55 bits per heavy atom. The highest BCUT2D eigenvalue weighted by Gasteiger charge is 2.30. The van der Waals surface area contributed by atoms with Gasteiger partial charge in [-0.15, -0.1) is 0 Å². The van der Waals surface area contributed by atoms with Crippen molar-refractivity contribution in [2.75, 3.05) is 40.3 Å². The molecule has 0 aliphatic carbocycles. The molecule has 1 aliphatic heterocycles. The second kappa shape index (κ2) is 3.52. The number of epoxide rings is 1. The third-order valence-electron chi connectivity index (χ3n) is 2.07. The maximum Gasteiger partial charge on any atom is 0.130 e. The van der Waals surface area contributed by atoms with E-state index in [4.69, 9.17) is 10.5 Å². The molecule has 0 saturated carbocycles. The number of likely N-dealkylation sites (N-methyl/N-ethyl adjacent to an activating group) is 1. The number of quaternary nitrogens is 1. The quantitative estimate of drug-likeness (QED) is 0.446. The van der Waals surface area contributed by atoms with Gasteiger partial charge in [0.15, 0.2) is 0 Å². The highest BCUT2D eigenvalue weighted by Crippen LogP contribution is 2.13. The second-order valence-corrected chi connectivity index (χ2v) is 3.94. The van der Waals surface area contributed by atoms with Crippen LogP contribution in [0.2, 0.25) is 0 Å². The lowest BCUT2D eigenvalue weighted by Crippen LogP contribution is -2.44. The van der Waals surface area contributed by atoms with E-state index in [0.717, 1.165) is 37.1 Å². The molecule has 1 unspecified atom stereocenters. The largest absolute Gasteiger partial charge is 0.367 e. The van der Waals surface area contributed by atoms with Gasteiger partial charge < -0.3 is 15.0 Å². The van der Waals surface area contributed by atoms with Crippen molar-refractivity contribution < 1.29 is 9.22 Å². The molecule has 0 bridgehead atoms. The highest BCUT2D eigenvalue weighted by molar-refractivity contribution is 4.67. The van der Waals surface area contributed by atoms with E-state index in [1.54, 1.807) is 0 Å². The Labute approximate surface area is 68.7 Å². The van der Waals surface area contributed by atoms with E-state index >= 15 is 0 Å². The molecule has 1 rings (SSSR count). The molecule has 1 aliphatic rings. The van der Waals surface area contributed by atoms with E-state index in [1.165, 1.54) is 0 Å². The molecule has 1 saturated heterocycles. The van der Waals surface area contributed by atoms with Crippen molar-refractivity contribution in [1.82, 2.24) is 0 Å². The lowest BCUT2D eigenvalue weighted by Gasteiger charge is -2.28. The van der Waals surface area contributed by atoms with Crippen LogP contribution in [0, 0.1) is 0 Å². The third kappa shape index (κ3) is 3.70. The lowest BCUT2D eigenvalue weighted by molar-refractivity contribution is -0.890. The van der Waals surface area contributed by atoms with Gasteiger partial charge in [-0.25, -0.2) is 0 Å². The summed E-state index contributed by atoms with van der Waals surface area (Å²) in [5.41, 5.74) is 5.44. The maximum absolute atomic E-state index is 5.44. The molecule has 3 nitrogen and oxygen atoms in total. The van der Waals surface area contributed by atoms with E-state index in [9.17, 15) is 0 Å². The minimum atomic E-state index is 0.530. The Morgan fingerprint density at radius 2 is 2.18 bits per heavy atom. The van der Waals surface area contributed by atoms with Gasteiger partial charge in [-0.3, -0.25) is 0 Å². The van der Waals surface area contributed by atoms with E-state index < -0.39 is 0 Å². The Hall–Kier alpha value is -0.120. The van der Waals surface area contributed by atoms with E-state index in [2.05, 4.69) is 14.1 Å². The predicted molar refractivity (Wildman–Crippen MR) is 45.3 cm³/mol. The fraction of sp³-hybridized carbons (Fsp3) is 1.00. The highest BCUT2D eigenvalue weighted by atomic mass is 16.6. The van der Waals surface area contributed by atoms with Crippen molar-refractivity contribution in [2.45, 2.75) is 12.5 Å². The first-order valence-electron chi connectivity index (χ1n) is 4.28. The average Bonchev–Trinajstić information content (AvgIpc) is 2.67. The summed E-state index contributed by atoms with van der Waals surface area (Å²) in [6.45, 7) is 4.06. The zero-order valence-corrected chi connectivity index (χ0v) is 7.55. The first-order valence-corrected chi connectivity index (χ1v) is 4.28. The molecule has 0 spiro atoms. The van der Waals surface area contributed by atoms with E-state index in [-0.39, 0.29) is 0 Å². The third-order valence-corrected chi connectivity index (χ3v) is 2.07. The van der Waals surface area contributed by atoms with Crippen molar-refractivity contribution in [3.05, 3.63) is 0 Å². The summed E-state index contributed by atoms with van der Waals surface area (Å²) in [6, 6.07) is 0. The summed E-state index contributed by atoms with van der Waals surface area (Å²) in [7, 11) is 4.47. The first-order chi connectivity index (χ1) is 5.14. The zero-order valence-electron chi connectivity index (χ0n) is 7.55. The molecule has 3 heteroatoms. The topological polar surface area (TPSA) is 38.5 Å². The van der Waals surface area contributed by atoms with Crippen LogP contribution in [0.1, 0.15) is 6.42 Å². The van der Waals surface area contributed by atoms with Crippen molar-refractivity contribution in [3.63, 3.8) is 0 Å². The molecule has 1 heterocycles. The molecule has 0 aromatic heterocycles. The van der Waals surface area contributed by atoms with Crippen LogP contribution in [0.3, 0.4) is 0 Å². The van der Waals surface area contributed by atoms with Gasteiger partial charge >= 0.3 is 0 Å². The normalized spacial score (nSPS) is 23.7. The number of hydrogen-bond acceptors (Lipinski definition) is 2. The summed E-state index contributed by atoms with van der Waals surface area (Å²) >= 11 is 0. The number of rotatable bonds is 5. The van der Waals surface area contributed by atoms with Crippen LogP contribution in [0.5, 0.6) is 0 Å². The smallest absolute Gasteiger partial charge is 0.130 e. The van der Waals surface area contributed by atoms with Crippen LogP contribution < -0.4 is 5.73 Å². The van der Waals surface area contributed by atoms with E-state index in [1.807, 2.05) is 0 Å². The summed E-state index contributed by atoms with van der Waals surface area (Å²) in [5.74, 6) is 0. The number of nitrogens with zero attached hydrogens (tertiary/aromatic N) is 1. The maximum atomic E-state index is 5.44. The van der Waals surface area contributed by atoms with Gasteiger partial charge in [0.25, 0.3) is 0 Å². The Balaban J connectivity index is 2.14. The minimum absolute atomic E-state index is 0.530. The first kappa shape index (κ1) is 8.97. The van der Waals surface area contributed by atoms with Crippen molar-refractivity contribution >= 4 is 0 Å². The molecular weight excluding hydrogens is 140 g/mol. The monoisotopic (exact) mass is 159 g/mol. The molecule has 2 N–H and O–H groups in total. The number of nitrogens with two attached hydrogens (primary N) is 1. The Kier molecular flexibility index (Phi) is 2.87. The molecule has 0 aromatic carbocycles. The van der Waals surface area contributed by atoms with Gasteiger partial charge in [-0.05, 0) is 6.54 Å². The second-order valence-electron chi connectivity index (χ2n) is 3.94. The summed E-state index contributed by atoms with van der Waals surface area (Å²) in [4.78, 5) is 0. The molecule has 11 heavy (non-hydrogen) atoms. The summed E-state index contributed by atoms with van der Waals surface area (Å²) < 4.78 is 6.22. The molecule has 66 valence electrons. The molecule has 0 radical (unpaired) electrons. The predicted octanol–water partition coefficient (Wildman–Crippen LogP) is -0.190. The lowest BCUT2D eigenvalue weighted by atomic mass is 10.3. The molecule has 0 amide bonds. The zero-order chi connectivity index (χ0) is 8.32. The van der Waals surface area contributed by atoms with Crippen LogP contribution in [-0.2, 0) is 4.74 Å². The van der Waals surface area contributed by atoms with Crippen LogP contribution in [0.15, 0.2) is 0 Å². The van der Waals surface area contributed by atoms with Gasteiger partial charge in [0, 0.05) is 6.42 Å². The van der Waals surface area contributed by atoms with Gasteiger partial charge in [-0.2, -0.15) is 0 Å². The standard InChI is InChI=1S/C8H19N2O/c1-10(2,5-3-4-9)6-8-7-11-8/h8H,3-7,9H2,1-2H3/q+1. The van der Waals surface area contributed by atoms with E-state index in [0.29, 0.717) is 6.10 Å². The van der Waals surface area contributed by atoms with Crippen LogP contribution >= 0.6 is 0 Å².